The summed E-state index contributed by atoms with van der Waals surface area (Å²) in [7, 11) is 0. The second-order valence-electron chi connectivity index (χ2n) is 5.66. The maximum absolute atomic E-state index is 12.3. The maximum Gasteiger partial charge on any atom is 0.323 e. The number of nitrogens with one attached hydrogen (secondary N) is 2. The van der Waals surface area contributed by atoms with Crippen LogP contribution in [0.4, 0.5) is 21.9 Å². The van der Waals surface area contributed by atoms with Crippen LogP contribution < -0.4 is 15.5 Å². The van der Waals surface area contributed by atoms with Gasteiger partial charge in [-0.2, -0.15) is 0 Å². The molecule has 0 unspecified atom stereocenters. The first-order valence-electron chi connectivity index (χ1n) is 7.89. The molecule has 0 aliphatic carbocycles. The van der Waals surface area contributed by atoms with Crippen LogP contribution in [-0.2, 0) is 4.74 Å². The van der Waals surface area contributed by atoms with Crippen molar-refractivity contribution in [1.29, 1.82) is 0 Å². The molecule has 0 radical (unpaired) electrons. The van der Waals surface area contributed by atoms with Crippen molar-refractivity contribution in [2.75, 3.05) is 41.8 Å². The molecule has 0 aromatic heterocycles. The van der Waals surface area contributed by atoms with Gasteiger partial charge in [-0.05, 0) is 36.8 Å². The van der Waals surface area contributed by atoms with Gasteiger partial charge in [0.25, 0.3) is 0 Å². The Morgan fingerprint density at radius 3 is 2.62 bits per heavy atom. The molecule has 2 amide bonds. The van der Waals surface area contributed by atoms with Crippen LogP contribution in [0, 0.1) is 6.92 Å². The van der Waals surface area contributed by atoms with Crippen LogP contribution in [0.3, 0.4) is 0 Å². The molecule has 0 saturated carbocycles. The fraction of sp³-hybridized carbons (Fsp3) is 0.278. The number of hydrogen-bond acceptors (Lipinski definition) is 3. The second kappa shape index (κ2) is 7.55. The van der Waals surface area contributed by atoms with Crippen molar-refractivity contribution in [3.05, 3.63) is 53.1 Å². The Morgan fingerprint density at radius 2 is 1.88 bits per heavy atom. The third-order valence-corrected chi connectivity index (χ3v) is 4.34. The number of carbonyl (C=O) groups excluding carboxylic acids is 1. The molecule has 1 fully saturated rings. The number of morpholine rings is 1. The van der Waals surface area contributed by atoms with Crippen LogP contribution >= 0.6 is 11.6 Å². The summed E-state index contributed by atoms with van der Waals surface area (Å²) < 4.78 is 5.39. The van der Waals surface area contributed by atoms with Crippen LogP contribution in [0.2, 0.25) is 5.02 Å². The summed E-state index contributed by atoms with van der Waals surface area (Å²) in [6, 6.07) is 12.9. The van der Waals surface area contributed by atoms with Crippen molar-refractivity contribution < 1.29 is 9.53 Å². The quantitative estimate of drug-likeness (QED) is 0.879. The van der Waals surface area contributed by atoms with E-state index in [4.69, 9.17) is 16.3 Å². The van der Waals surface area contributed by atoms with Gasteiger partial charge in [0.1, 0.15) is 0 Å². The number of para-hydroxylation sites is 2. The third-order valence-electron chi connectivity index (χ3n) is 3.93. The van der Waals surface area contributed by atoms with Gasteiger partial charge in [0.05, 0.1) is 24.6 Å². The molecule has 2 aromatic rings. The zero-order valence-corrected chi connectivity index (χ0v) is 14.3. The first kappa shape index (κ1) is 16.6. The molecular weight excluding hydrogens is 326 g/mol. The van der Waals surface area contributed by atoms with E-state index in [-0.39, 0.29) is 6.03 Å². The minimum atomic E-state index is -0.296. The van der Waals surface area contributed by atoms with E-state index in [0.717, 1.165) is 30.0 Å². The van der Waals surface area contributed by atoms with Gasteiger partial charge in [-0.15, -0.1) is 0 Å². The number of nitrogens with zero attached hydrogens (tertiary/aromatic N) is 1. The first-order chi connectivity index (χ1) is 11.6. The zero-order valence-electron chi connectivity index (χ0n) is 13.5. The number of aryl methyl sites for hydroxylation is 1. The second-order valence-corrected chi connectivity index (χ2v) is 6.07. The monoisotopic (exact) mass is 345 g/mol. The van der Waals surface area contributed by atoms with Gasteiger partial charge in [-0.3, -0.25) is 0 Å². The molecule has 2 N–H and O–H groups in total. The van der Waals surface area contributed by atoms with Gasteiger partial charge in [0.2, 0.25) is 0 Å². The minimum absolute atomic E-state index is 0.296. The smallest absolute Gasteiger partial charge is 0.323 e. The van der Waals surface area contributed by atoms with E-state index in [0.29, 0.717) is 23.9 Å². The predicted octanol–water partition coefficient (Wildman–Crippen LogP) is 4.13. The Bertz CT molecular complexity index is 730. The van der Waals surface area contributed by atoms with Crippen molar-refractivity contribution in [1.82, 2.24) is 0 Å². The number of halogens is 1. The highest BCUT2D eigenvalue weighted by Crippen LogP contribution is 2.27. The number of ether oxygens (including phenoxy) is 1. The van der Waals surface area contributed by atoms with Crippen molar-refractivity contribution >= 4 is 34.7 Å². The summed E-state index contributed by atoms with van der Waals surface area (Å²) in [6.07, 6.45) is 0. The molecule has 1 aliphatic heterocycles. The molecule has 2 aromatic carbocycles. The Morgan fingerprint density at radius 1 is 1.12 bits per heavy atom. The molecule has 0 spiro atoms. The molecule has 1 saturated heterocycles. The van der Waals surface area contributed by atoms with Crippen molar-refractivity contribution in [3.63, 3.8) is 0 Å². The number of anilines is 3. The maximum atomic E-state index is 12.3. The highest BCUT2D eigenvalue weighted by atomic mass is 35.5. The van der Waals surface area contributed by atoms with Crippen molar-refractivity contribution in [2.24, 2.45) is 0 Å². The SMILES string of the molecule is Cc1ccc(NC(=O)Nc2ccccc2N2CCOCC2)cc1Cl. The van der Waals surface area contributed by atoms with Gasteiger partial charge in [-0.25, -0.2) is 4.79 Å². The number of amides is 2. The van der Waals surface area contributed by atoms with Gasteiger partial charge < -0.3 is 20.3 Å². The minimum Gasteiger partial charge on any atom is -0.378 e. The summed E-state index contributed by atoms with van der Waals surface area (Å²) >= 11 is 6.09. The van der Waals surface area contributed by atoms with E-state index < -0.39 is 0 Å². The molecule has 5 nitrogen and oxygen atoms in total. The lowest BCUT2D eigenvalue weighted by Crippen LogP contribution is -2.36. The van der Waals surface area contributed by atoms with E-state index in [9.17, 15) is 4.79 Å². The Balaban J connectivity index is 1.71. The largest absolute Gasteiger partial charge is 0.378 e. The summed E-state index contributed by atoms with van der Waals surface area (Å²) in [5, 5.41) is 6.35. The number of hydrogen-bond donors (Lipinski definition) is 2. The van der Waals surface area contributed by atoms with Crippen LogP contribution in [0.1, 0.15) is 5.56 Å². The van der Waals surface area contributed by atoms with Crippen LogP contribution in [0.5, 0.6) is 0 Å². The topological polar surface area (TPSA) is 53.6 Å². The summed E-state index contributed by atoms with van der Waals surface area (Å²) in [4.78, 5) is 14.5. The summed E-state index contributed by atoms with van der Waals surface area (Å²) in [6.45, 7) is 4.94. The molecule has 24 heavy (non-hydrogen) atoms. The van der Waals surface area contributed by atoms with Gasteiger partial charge >= 0.3 is 6.03 Å². The molecule has 0 bridgehead atoms. The predicted molar refractivity (Wildman–Crippen MR) is 98.3 cm³/mol. The van der Waals surface area contributed by atoms with Crippen molar-refractivity contribution in [2.45, 2.75) is 6.92 Å². The van der Waals surface area contributed by atoms with Gasteiger partial charge in [-0.1, -0.05) is 29.8 Å². The van der Waals surface area contributed by atoms with Gasteiger partial charge in [0, 0.05) is 23.8 Å². The van der Waals surface area contributed by atoms with E-state index in [1.165, 1.54) is 0 Å². The van der Waals surface area contributed by atoms with E-state index in [1.807, 2.05) is 43.3 Å². The number of rotatable bonds is 3. The van der Waals surface area contributed by atoms with E-state index in [2.05, 4.69) is 15.5 Å². The van der Waals surface area contributed by atoms with E-state index >= 15 is 0 Å². The Kier molecular flexibility index (Phi) is 5.23. The lowest BCUT2D eigenvalue weighted by molar-refractivity contribution is 0.123. The average Bonchev–Trinajstić information content (AvgIpc) is 2.59. The van der Waals surface area contributed by atoms with E-state index in [1.54, 1.807) is 6.07 Å². The lowest BCUT2D eigenvalue weighted by atomic mass is 10.2. The zero-order chi connectivity index (χ0) is 16.9. The normalized spacial score (nSPS) is 14.3. The Hall–Kier alpha value is -2.24. The molecule has 6 heteroatoms. The first-order valence-corrected chi connectivity index (χ1v) is 8.27. The Labute approximate surface area is 146 Å². The standard InChI is InChI=1S/C18H20ClN3O2/c1-13-6-7-14(12-15(13)19)20-18(23)21-16-4-2-3-5-17(16)22-8-10-24-11-9-22/h2-7,12H,8-11H2,1H3,(H2,20,21,23). The van der Waals surface area contributed by atoms with Gasteiger partial charge in [0.15, 0.2) is 0 Å². The molecule has 126 valence electrons. The highest BCUT2D eigenvalue weighted by molar-refractivity contribution is 6.31. The van der Waals surface area contributed by atoms with Crippen LogP contribution in [0.15, 0.2) is 42.5 Å². The number of benzene rings is 2. The molecule has 3 rings (SSSR count). The molecule has 1 heterocycles. The molecule has 0 atom stereocenters. The van der Waals surface area contributed by atoms with Crippen LogP contribution in [-0.4, -0.2) is 32.3 Å². The molecular formula is C18H20ClN3O2. The number of carbonyl (C=O) groups is 1. The lowest BCUT2D eigenvalue weighted by Gasteiger charge is -2.30. The number of urea groups is 1. The fourth-order valence-corrected chi connectivity index (χ4v) is 2.80. The summed E-state index contributed by atoms with van der Waals surface area (Å²) in [5.74, 6) is 0. The highest BCUT2D eigenvalue weighted by Gasteiger charge is 2.15. The third kappa shape index (κ3) is 3.99. The average molecular weight is 346 g/mol. The van der Waals surface area contributed by atoms with Crippen molar-refractivity contribution in [3.8, 4) is 0 Å². The van der Waals surface area contributed by atoms with Crippen LogP contribution in [0.25, 0.3) is 0 Å². The summed E-state index contributed by atoms with van der Waals surface area (Å²) in [5.41, 5.74) is 3.40. The molecule has 1 aliphatic rings. The fourth-order valence-electron chi connectivity index (χ4n) is 2.61.